The number of esters is 4. The molecular formula is C83H148O17P2. The third kappa shape index (κ3) is 74.5. The summed E-state index contributed by atoms with van der Waals surface area (Å²) in [7, 11) is -9.97. The minimum absolute atomic E-state index is 0.0408. The average molecular weight is 1480 g/mol. The lowest BCUT2D eigenvalue weighted by atomic mass is 10.0. The summed E-state index contributed by atoms with van der Waals surface area (Å²) in [6, 6.07) is 0. The number of phosphoric ester groups is 2. The quantitative estimate of drug-likeness (QED) is 0.0169. The summed E-state index contributed by atoms with van der Waals surface area (Å²) in [4.78, 5) is 73.0. The summed E-state index contributed by atoms with van der Waals surface area (Å²) in [6.45, 7) is 4.79. The monoisotopic (exact) mass is 1480 g/mol. The molecule has 0 aromatic heterocycles. The van der Waals surface area contributed by atoms with E-state index in [0.717, 1.165) is 128 Å². The van der Waals surface area contributed by atoms with E-state index in [9.17, 15) is 43.2 Å². The highest BCUT2D eigenvalue weighted by Crippen LogP contribution is 2.45. The maximum atomic E-state index is 13.1. The van der Waals surface area contributed by atoms with Crippen molar-refractivity contribution in [1.82, 2.24) is 0 Å². The first kappa shape index (κ1) is 98.2. The summed E-state index contributed by atoms with van der Waals surface area (Å²) >= 11 is 0. The van der Waals surface area contributed by atoms with Crippen LogP contribution < -0.4 is 0 Å². The van der Waals surface area contributed by atoms with Crippen LogP contribution >= 0.6 is 15.6 Å². The normalized spacial score (nSPS) is 14.3. The minimum Gasteiger partial charge on any atom is -0.462 e. The SMILES string of the molecule is CCCCC/C=C\C/C=C\C/C=C\C/C=C\C/C=C\CCC(=O)OC[C@H](COP(=O)(O)OC[C@@H](O)COP(=O)(O)OC[C@@H](COC(=O)CCCCCCC/C=C\CCCCCCCC)OC(=O)CCCCCCC/C=C\CCCCCCCC)OC(=O)CCCCCCCCCCCCCCC. The van der Waals surface area contributed by atoms with Gasteiger partial charge in [-0.25, -0.2) is 9.13 Å². The molecule has 592 valence electrons. The number of aliphatic hydroxyl groups is 1. The number of hydrogen-bond donors (Lipinski definition) is 3. The number of carbonyl (C=O) groups is 4. The highest BCUT2D eigenvalue weighted by Gasteiger charge is 2.30. The number of phosphoric acid groups is 2. The standard InChI is InChI=1S/C83H148O17P2/c1-5-9-13-17-21-25-29-33-36-37-38-39-42-45-48-52-56-60-64-68-81(86)94-73-78(99-82(87)69-65-61-57-53-49-43-32-28-24-20-16-12-8-4)75-97-101(89,90)95-71-77(84)72-96-102(91,92)98-76-79(100-83(88)70-66-62-58-54-50-46-41-35-31-27-23-19-15-11-7-3)74-93-80(85)67-63-59-55-51-47-44-40-34-30-26-22-18-14-10-6-2/h21,25,33-36,38-41,45,48,56,60,77-79,84H,5-20,22-24,26-32,37,42-44,46-47,49-55,57-59,61-76H2,1-4H3,(H,89,90)(H,91,92)/b25-21-,36-33-,39-38-,40-34-,41-35-,48-45-,60-56-/t77-,78-,79-/m1/s1. The van der Waals surface area contributed by atoms with Crippen LogP contribution in [0.15, 0.2) is 85.1 Å². The van der Waals surface area contributed by atoms with Crippen molar-refractivity contribution in [1.29, 1.82) is 0 Å². The van der Waals surface area contributed by atoms with Gasteiger partial charge in [-0.3, -0.25) is 37.3 Å². The minimum atomic E-state index is -4.99. The van der Waals surface area contributed by atoms with Gasteiger partial charge in [0, 0.05) is 25.7 Å². The van der Waals surface area contributed by atoms with Gasteiger partial charge in [0.2, 0.25) is 0 Å². The average Bonchev–Trinajstić information content (AvgIpc) is 0.908. The van der Waals surface area contributed by atoms with Crippen molar-refractivity contribution in [2.45, 2.75) is 380 Å². The molecule has 17 nitrogen and oxygen atoms in total. The smallest absolute Gasteiger partial charge is 0.462 e. The van der Waals surface area contributed by atoms with Gasteiger partial charge >= 0.3 is 39.5 Å². The van der Waals surface area contributed by atoms with Crippen LogP contribution in [0.2, 0.25) is 0 Å². The van der Waals surface area contributed by atoms with Gasteiger partial charge in [0.15, 0.2) is 12.2 Å². The fraction of sp³-hybridized carbons (Fsp3) is 0.783. The Labute approximate surface area is 621 Å². The van der Waals surface area contributed by atoms with Crippen molar-refractivity contribution < 1.29 is 80.2 Å². The summed E-state index contributed by atoms with van der Waals surface area (Å²) in [5.74, 6) is -2.26. The Morgan fingerprint density at radius 3 is 0.824 bits per heavy atom. The Kier molecular flexibility index (Phi) is 72.7. The van der Waals surface area contributed by atoms with E-state index in [1.54, 1.807) is 0 Å². The predicted octanol–water partition coefficient (Wildman–Crippen LogP) is 23.8. The summed E-state index contributed by atoms with van der Waals surface area (Å²) < 4.78 is 68.5. The van der Waals surface area contributed by atoms with Gasteiger partial charge in [0.25, 0.3) is 0 Å². The van der Waals surface area contributed by atoms with Crippen LogP contribution in [0.1, 0.15) is 362 Å². The molecule has 0 fully saturated rings. The fourth-order valence-corrected chi connectivity index (χ4v) is 12.7. The van der Waals surface area contributed by atoms with Crippen LogP contribution in [0.4, 0.5) is 0 Å². The Balaban J connectivity index is 5.39. The van der Waals surface area contributed by atoms with Gasteiger partial charge in [-0.15, -0.1) is 0 Å². The van der Waals surface area contributed by atoms with E-state index in [0.29, 0.717) is 32.1 Å². The molecule has 0 aromatic carbocycles. The van der Waals surface area contributed by atoms with Crippen LogP contribution in [-0.2, 0) is 65.4 Å². The van der Waals surface area contributed by atoms with Gasteiger partial charge in [0.05, 0.1) is 26.4 Å². The maximum absolute atomic E-state index is 13.1. The zero-order valence-corrected chi connectivity index (χ0v) is 66.6. The third-order valence-electron chi connectivity index (χ3n) is 17.3. The van der Waals surface area contributed by atoms with Gasteiger partial charge < -0.3 is 33.8 Å². The second kappa shape index (κ2) is 75.5. The van der Waals surface area contributed by atoms with Crippen molar-refractivity contribution in [2.75, 3.05) is 39.6 Å². The summed E-state index contributed by atoms with van der Waals surface area (Å²) in [6.07, 6.45) is 78.6. The molecule has 0 rings (SSSR count). The van der Waals surface area contributed by atoms with Gasteiger partial charge in [-0.2, -0.15) is 0 Å². The molecule has 0 saturated carbocycles. The van der Waals surface area contributed by atoms with Crippen LogP contribution in [0.3, 0.4) is 0 Å². The van der Waals surface area contributed by atoms with Crippen molar-refractivity contribution in [3.8, 4) is 0 Å². The molecule has 0 heterocycles. The molecule has 5 atom stereocenters. The first-order chi connectivity index (χ1) is 49.7. The number of hydrogen-bond acceptors (Lipinski definition) is 15. The molecule has 2 unspecified atom stereocenters. The molecule has 0 aliphatic carbocycles. The van der Waals surface area contributed by atoms with Crippen LogP contribution in [0, 0.1) is 0 Å². The van der Waals surface area contributed by atoms with Crippen LogP contribution in [0.5, 0.6) is 0 Å². The Morgan fingerprint density at radius 1 is 0.275 bits per heavy atom. The Morgan fingerprint density at radius 2 is 0.500 bits per heavy atom. The maximum Gasteiger partial charge on any atom is 0.472 e. The highest BCUT2D eigenvalue weighted by atomic mass is 31.2. The lowest BCUT2D eigenvalue weighted by molar-refractivity contribution is -0.161. The topological polar surface area (TPSA) is 237 Å². The number of ether oxygens (including phenoxy) is 4. The lowest BCUT2D eigenvalue weighted by Gasteiger charge is -2.21. The fourth-order valence-electron chi connectivity index (χ4n) is 11.1. The molecule has 0 aliphatic rings. The van der Waals surface area contributed by atoms with E-state index < -0.39 is 97.5 Å². The number of rotatable bonds is 77. The van der Waals surface area contributed by atoms with Crippen molar-refractivity contribution >= 4 is 39.5 Å². The molecule has 102 heavy (non-hydrogen) atoms. The van der Waals surface area contributed by atoms with E-state index in [1.807, 2.05) is 12.2 Å². The van der Waals surface area contributed by atoms with Crippen molar-refractivity contribution in [2.24, 2.45) is 0 Å². The first-order valence-electron chi connectivity index (χ1n) is 40.8. The van der Waals surface area contributed by atoms with Gasteiger partial charge in [-0.05, 0) is 116 Å². The molecule has 0 bridgehead atoms. The molecular weight excluding hydrogens is 1330 g/mol. The van der Waals surface area contributed by atoms with E-state index in [1.165, 1.54) is 148 Å². The summed E-state index contributed by atoms with van der Waals surface area (Å²) in [5.41, 5.74) is 0. The van der Waals surface area contributed by atoms with Crippen LogP contribution in [0.25, 0.3) is 0 Å². The third-order valence-corrected chi connectivity index (χ3v) is 19.2. The lowest BCUT2D eigenvalue weighted by Crippen LogP contribution is -2.30. The van der Waals surface area contributed by atoms with E-state index in [2.05, 4.69) is 101 Å². The number of aliphatic hydroxyl groups excluding tert-OH is 1. The van der Waals surface area contributed by atoms with E-state index in [4.69, 9.17) is 37.0 Å². The van der Waals surface area contributed by atoms with Crippen LogP contribution in [-0.4, -0.2) is 96.7 Å². The Bertz CT molecular complexity index is 2260. The molecule has 0 aliphatic heterocycles. The van der Waals surface area contributed by atoms with Crippen molar-refractivity contribution in [3.05, 3.63) is 85.1 Å². The molecule has 0 radical (unpaired) electrons. The largest absolute Gasteiger partial charge is 0.472 e. The molecule has 19 heteroatoms. The molecule has 0 amide bonds. The van der Waals surface area contributed by atoms with Gasteiger partial charge in [-0.1, -0.05) is 305 Å². The molecule has 0 aromatic rings. The van der Waals surface area contributed by atoms with E-state index in [-0.39, 0.29) is 25.7 Å². The highest BCUT2D eigenvalue weighted by molar-refractivity contribution is 7.47. The van der Waals surface area contributed by atoms with Gasteiger partial charge in [0.1, 0.15) is 19.3 Å². The zero-order valence-electron chi connectivity index (χ0n) is 64.8. The van der Waals surface area contributed by atoms with E-state index >= 15 is 0 Å². The van der Waals surface area contributed by atoms with Crippen molar-refractivity contribution in [3.63, 3.8) is 0 Å². The zero-order chi connectivity index (χ0) is 74.6. The first-order valence-corrected chi connectivity index (χ1v) is 43.8. The number of carbonyl (C=O) groups excluding carboxylic acids is 4. The Hall–Kier alpha value is -3.76. The second-order valence-electron chi connectivity index (χ2n) is 27.4. The molecule has 3 N–H and O–H groups in total. The summed E-state index contributed by atoms with van der Waals surface area (Å²) in [5, 5.41) is 10.6. The number of allylic oxidation sites excluding steroid dienone is 14. The predicted molar refractivity (Wildman–Crippen MR) is 418 cm³/mol. The molecule has 0 spiro atoms. The second-order valence-corrected chi connectivity index (χ2v) is 30.3. The molecule has 0 saturated heterocycles. The number of unbranched alkanes of at least 4 members (excludes halogenated alkanes) is 37.